The zero-order chi connectivity index (χ0) is 15.5. The number of carboxylic acids is 1. The van der Waals surface area contributed by atoms with Gasteiger partial charge in [-0.25, -0.2) is 4.79 Å². The molecule has 2 N–H and O–H groups in total. The second-order valence-electron chi connectivity index (χ2n) is 4.53. The predicted octanol–water partition coefficient (Wildman–Crippen LogP) is 1.23. The molecule has 0 aromatic heterocycles. The molecule has 0 rings (SSSR count). The van der Waals surface area contributed by atoms with Gasteiger partial charge in [0.25, 0.3) is 0 Å². The Morgan fingerprint density at radius 2 is 1.95 bits per heavy atom. The lowest BCUT2D eigenvalue weighted by atomic mass is 10.1. The maximum atomic E-state index is 11.8. The van der Waals surface area contributed by atoms with Gasteiger partial charge in [-0.05, 0) is 19.3 Å². The maximum absolute atomic E-state index is 11.8. The first-order valence-electron chi connectivity index (χ1n) is 6.48. The molecule has 2 atom stereocenters. The minimum atomic E-state index is -1.10. The molecule has 0 aromatic rings. The Kier molecular flexibility index (Phi) is 9.71. The fraction of sp³-hybridized carbons (Fsp3) is 0.692. The minimum absolute atomic E-state index is 0.00474. The highest BCUT2D eigenvalue weighted by Gasteiger charge is 2.22. The number of carbonyl (C=O) groups is 4. The van der Waals surface area contributed by atoms with Gasteiger partial charge in [0, 0.05) is 25.0 Å². The highest BCUT2D eigenvalue weighted by molar-refractivity contribution is 8.13. The molecular weight excluding hydrogens is 282 g/mol. The minimum Gasteiger partial charge on any atom is -0.480 e. The number of unbranched alkanes of at least 4 members (excludes halogenated alkanes) is 1. The van der Waals surface area contributed by atoms with Crippen molar-refractivity contribution in [1.82, 2.24) is 5.32 Å². The van der Waals surface area contributed by atoms with E-state index in [0.717, 1.165) is 18.0 Å². The quantitative estimate of drug-likeness (QED) is 0.465. The lowest BCUT2D eigenvalue weighted by Crippen LogP contribution is -2.43. The second-order valence-corrected chi connectivity index (χ2v) is 5.80. The third kappa shape index (κ3) is 8.68. The summed E-state index contributed by atoms with van der Waals surface area (Å²) in [6.07, 6.45) is 2.17. The highest BCUT2D eigenvalue weighted by Crippen LogP contribution is 2.11. The van der Waals surface area contributed by atoms with Crippen molar-refractivity contribution < 1.29 is 24.3 Å². The molecule has 0 aromatic carbocycles. The van der Waals surface area contributed by atoms with Crippen molar-refractivity contribution in [2.75, 3.05) is 5.75 Å². The van der Waals surface area contributed by atoms with E-state index in [-0.39, 0.29) is 29.8 Å². The Morgan fingerprint density at radius 1 is 1.30 bits per heavy atom. The molecule has 0 saturated heterocycles. The van der Waals surface area contributed by atoms with Crippen LogP contribution in [0.15, 0.2) is 0 Å². The van der Waals surface area contributed by atoms with Crippen LogP contribution in [0, 0.1) is 5.92 Å². The summed E-state index contributed by atoms with van der Waals surface area (Å²) in [7, 11) is 0. The molecule has 0 bridgehead atoms. The van der Waals surface area contributed by atoms with Crippen LogP contribution in [0.3, 0.4) is 0 Å². The van der Waals surface area contributed by atoms with Crippen molar-refractivity contribution in [2.24, 2.45) is 5.92 Å². The molecule has 2 unspecified atom stereocenters. The van der Waals surface area contributed by atoms with E-state index < -0.39 is 12.0 Å². The number of carboxylic acid groups (broad SMARTS) is 1. The molecule has 0 radical (unpaired) electrons. The van der Waals surface area contributed by atoms with Crippen molar-refractivity contribution in [3.8, 4) is 0 Å². The lowest BCUT2D eigenvalue weighted by Gasteiger charge is -2.17. The van der Waals surface area contributed by atoms with E-state index in [0.29, 0.717) is 18.6 Å². The van der Waals surface area contributed by atoms with Crippen LogP contribution in [-0.4, -0.2) is 40.2 Å². The molecule has 1 amide bonds. The van der Waals surface area contributed by atoms with Gasteiger partial charge < -0.3 is 15.2 Å². The molecule has 20 heavy (non-hydrogen) atoms. The summed E-state index contributed by atoms with van der Waals surface area (Å²) in [6.45, 7) is 3.16. The van der Waals surface area contributed by atoms with Crippen LogP contribution < -0.4 is 5.32 Å². The first-order chi connectivity index (χ1) is 9.38. The van der Waals surface area contributed by atoms with E-state index in [4.69, 9.17) is 5.11 Å². The van der Waals surface area contributed by atoms with Crippen LogP contribution in [0.5, 0.6) is 0 Å². The van der Waals surface area contributed by atoms with Crippen molar-refractivity contribution in [2.45, 2.75) is 45.6 Å². The Hall–Kier alpha value is -1.37. The van der Waals surface area contributed by atoms with Gasteiger partial charge in [-0.1, -0.05) is 18.7 Å². The van der Waals surface area contributed by atoms with Crippen molar-refractivity contribution >= 4 is 35.0 Å². The average molecular weight is 303 g/mol. The number of thioether (sulfide) groups is 1. The van der Waals surface area contributed by atoms with Crippen LogP contribution >= 0.6 is 11.8 Å². The van der Waals surface area contributed by atoms with Crippen LogP contribution in [0.2, 0.25) is 0 Å². The van der Waals surface area contributed by atoms with E-state index in [9.17, 15) is 19.2 Å². The molecule has 114 valence electrons. The summed E-state index contributed by atoms with van der Waals surface area (Å²) >= 11 is 1.14. The molecule has 0 heterocycles. The van der Waals surface area contributed by atoms with E-state index in [1.165, 1.54) is 6.92 Å². The third-order valence-electron chi connectivity index (χ3n) is 2.73. The Morgan fingerprint density at radius 3 is 2.45 bits per heavy atom. The summed E-state index contributed by atoms with van der Waals surface area (Å²) in [4.78, 5) is 43.8. The zero-order valence-electron chi connectivity index (χ0n) is 11.8. The first-order valence-corrected chi connectivity index (χ1v) is 7.47. The zero-order valence-corrected chi connectivity index (χ0v) is 12.6. The molecule has 7 heteroatoms. The maximum Gasteiger partial charge on any atom is 0.326 e. The van der Waals surface area contributed by atoms with Crippen LogP contribution in [0.4, 0.5) is 0 Å². The fourth-order valence-corrected chi connectivity index (χ4v) is 2.25. The molecular formula is C13H21NO5S. The SMILES string of the molecule is CC(=O)SCCC(C)C(=O)NC(CCCC=O)C(=O)O. The Bertz CT molecular complexity index is 359. The third-order valence-corrected chi connectivity index (χ3v) is 3.58. The lowest BCUT2D eigenvalue weighted by molar-refractivity contribution is -0.142. The standard InChI is InChI=1S/C13H21NO5S/c1-9(6-8-20-10(2)16)12(17)14-11(13(18)19)5-3-4-7-15/h7,9,11H,3-6,8H2,1-2H3,(H,14,17)(H,18,19). The molecule has 0 aliphatic heterocycles. The summed E-state index contributed by atoms with van der Waals surface area (Å²) in [5.74, 6) is -1.26. The topological polar surface area (TPSA) is 101 Å². The van der Waals surface area contributed by atoms with E-state index >= 15 is 0 Å². The van der Waals surface area contributed by atoms with Crippen molar-refractivity contribution in [1.29, 1.82) is 0 Å². The van der Waals surface area contributed by atoms with Crippen molar-refractivity contribution in [3.05, 3.63) is 0 Å². The van der Waals surface area contributed by atoms with Gasteiger partial charge in [-0.3, -0.25) is 9.59 Å². The van der Waals surface area contributed by atoms with Crippen LogP contribution in [0.1, 0.15) is 39.5 Å². The highest BCUT2D eigenvalue weighted by atomic mass is 32.2. The summed E-state index contributed by atoms with van der Waals surface area (Å²) in [5.41, 5.74) is 0. The Labute approximate surface area is 122 Å². The summed E-state index contributed by atoms with van der Waals surface area (Å²) in [5, 5.41) is 11.5. The number of rotatable bonds is 10. The van der Waals surface area contributed by atoms with E-state index in [2.05, 4.69) is 5.32 Å². The molecule has 0 spiro atoms. The molecule has 0 aliphatic carbocycles. The Balaban J connectivity index is 4.19. The van der Waals surface area contributed by atoms with Crippen molar-refractivity contribution in [3.63, 3.8) is 0 Å². The van der Waals surface area contributed by atoms with Gasteiger partial charge in [-0.15, -0.1) is 0 Å². The number of hydrogen-bond acceptors (Lipinski definition) is 5. The van der Waals surface area contributed by atoms with Crippen LogP contribution in [-0.2, 0) is 19.2 Å². The van der Waals surface area contributed by atoms with E-state index in [1.807, 2.05) is 0 Å². The fourth-order valence-electron chi connectivity index (χ4n) is 1.49. The van der Waals surface area contributed by atoms with Gasteiger partial charge >= 0.3 is 5.97 Å². The van der Waals surface area contributed by atoms with E-state index in [1.54, 1.807) is 6.92 Å². The van der Waals surface area contributed by atoms with Gasteiger partial charge in [-0.2, -0.15) is 0 Å². The average Bonchev–Trinajstić information content (AvgIpc) is 2.36. The molecule has 0 saturated carbocycles. The predicted molar refractivity (Wildman–Crippen MR) is 76.4 cm³/mol. The number of nitrogens with one attached hydrogen (secondary N) is 1. The summed E-state index contributed by atoms with van der Waals surface area (Å²) < 4.78 is 0. The van der Waals surface area contributed by atoms with Gasteiger partial charge in [0.2, 0.25) is 5.91 Å². The molecule has 0 fully saturated rings. The van der Waals surface area contributed by atoms with Gasteiger partial charge in [0.1, 0.15) is 12.3 Å². The number of hydrogen-bond donors (Lipinski definition) is 2. The molecule has 0 aliphatic rings. The number of aldehydes is 1. The first kappa shape index (κ1) is 18.6. The molecule has 6 nitrogen and oxygen atoms in total. The number of aliphatic carboxylic acids is 1. The van der Waals surface area contributed by atoms with Gasteiger partial charge in [0.15, 0.2) is 5.12 Å². The summed E-state index contributed by atoms with van der Waals surface area (Å²) in [6, 6.07) is -0.967. The number of carbonyl (C=O) groups excluding carboxylic acids is 3. The number of amides is 1. The second kappa shape index (κ2) is 10.4. The largest absolute Gasteiger partial charge is 0.480 e. The monoisotopic (exact) mass is 303 g/mol. The van der Waals surface area contributed by atoms with Crippen LogP contribution in [0.25, 0.3) is 0 Å². The smallest absolute Gasteiger partial charge is 0.326 e. The normalized spacial score (nSPS) is 13.3. The van der Waals surface area contributed by atoms with Gasteiger partial charge in [0.05, 0.1) is 0 Å².